The zero-order valence-electron chi connectivity index (χ0n) is 87.5. The number of nitrogens with one attached hydrogen (secondary N) is 4. The Morgan fingerprint density at radius 1 is 0.253 bits per heavy atom. The van der Waals surface area contributed by atoms with Crippen molar-refractivity contribution < 1.29 is 95.0 Å². The quantitative estimate of drug-likeness (QED) is 0.0240. The van der Waals surface area contributed by atoms with Gasteiger partial charge in [-0.1, -0.05) is 0 Å². The molecule has 4 N–H and O–H groups in total. The van der Waals surface area contributed by atoms with Crippen LogP contribution in [-0.2, 0) is 0 Å². The molecule has 0 saturated heterocycles. The molecule has 0 fully saturated rings. The van der Waals surface area contributed by atoms with Crippen LogP contribution in [0.1, 0.15) is 135 Å². The number of carbonyl (C=O) groups is 4. The highest BCUT2D eigenvalue weighted by molar-refractivity contribution is 6.28. The molecule has 4 aromatic heterocycles. The molecule has 0 atom stereocenters. The summed E-state index contributed by atoms with van der Waals surface area (Å²) in [4.78, 5) is 82.0. The van der Waals surface area contributed by atoms with Gasteiger partial charge in [0, 0.05) is 174 Å². The van der Waals surface area contributed by atoms with Gasteiger partial charge >= 0.3 is 0 Å². The van der Waals surface area contributed by atoms with Gasteiger partial charge in [0.2, 0.25) is 27.2 Å². The van der Waals surface area contributed by atoms with Crippen molar-refractivity contribution in [3.63, 3.8) is 0 Å². The number of fused-ring (bicyclic) bond motifs is 24. The van der Waals surface area contributed by atoms with Gasteiger partial charge in [-0.2, -0.15) is 0 Å². The standard InChI is InChI=1S/2C29H33N3O5.2C28H31N3O5/c1-29(2,32(3)4)8-7-9-30-28(33)21-10-17-20-13-26-27(37-16-36-26)14-23(20)31-15-22(17)19-12-25(35-6)24(34-5)11-18(19)21;1-29(2,32(3)4)8-7-9-30-28(33)20-10-17-11-23(34-5)24(35-6)12-18(17)21-15-31-22-14-26-25(36-16-37-26)13-19(22)27(20)21;1-28(2,31(3)4)7-8-29-27(32)20-9-16-19-12-25-26(36-15-35-25)13-22(19)30-14-21(16)18-11-24(34-6)23(33-5)10-17(18)20;1-28(2,31(3)4)7-8-29-27(32)19-9-16-10-22(33-5)23(34-6)11-17(16)20-14-30-21-13-25-24(35-15-36-25)12-18(21)26(19)20/h2*10-15H,7-9,16H2,1-6H3,(H,30,33);2*9-14H,7-8,15H2,1-6H3,(H,29,32). The Bertz CT molecular complexity index is 7840. The summed E-state index contributed by atoms with van der Waals surface area (Å²) in [6.45, 7) is 20.4. The molecule has 764 valence electrons. The maximum atomic E-state index is 13.7. The molecule has 8 heterocycles. The number of ether oxygens (including phenoxy) is 16. The van der Waals surface area contributed by atoms with Crippen LogP contribution in [-0.4, -0.2) is 252 Å². The smallest absolute Gasteiger partial charge is 0.251 e. The second kappa shape index (κ2) is 41.9. The van der Waals surface area contributed by atoms with Crippen molar-refractivity contribution in [1.29, 1.82) is 0 Å². The number of methoxy groups -OCH3 is 8. The third-order valence-corrected chi connectivity index (χ3v) is 29.5. The number of pyridine rings is 4. The lowest BCUT2D eigenvalue weighted by Crippen LogP contribution is -2.41. The maximum absolute atomic E-state index is 13.7. The van der Waals surface area contributed by atoms with Crippen LogP contribution >= 0.6 is 0 Å². The Labute approximate surface area is 847 Å². The van der Waals surface area contributed by atoms with E-state index in [4.69, 9.17) is 90.7 Å². The Morgan fingerprint density at radius 3 is 0.781 bits per heavy atom. The lowest BCUT2D eigenvalue weighted by atomic mass is 9.94. The number of aromatic nitrogens is 4. The highest BCUT2D eigenvalue weighted by Gasteiger charge is 2.32. The first-order valence-corrected chi connectivity index (χ1v) is 48.6. The molecule has 0 radical (unpaired) electrons. The lowest BCUT2D eigenvalue weighted by Gasteiger charge is -2.32. The third kappa shape index (κ3) is 20.2. The molecule has 0 unspecified atom stereocenters. The van der Waals surface area contributed by atoms with Gasteiger partial charge in [-0.05, 0) is 301 Å². The van der Waals surface area contributed by atoms with Crippen LogP contribution in [0.5, 0.6) is 92.0 Å². The number of amides is 4. The monoisotopic (exact) mass is 1980 g/mol. The normalized spacial score (nSPS) is 13.1. The van der Waals surface area contributed by atoms with Gasteiger partial charge in [0.25, 0.3) is 23.6 Å². The Morgan fingerprint density at radius 2 is 0.486 bits per heavy atom. The van der Waals surface area contributed by atoms with Gasteiger partial charge < -0.3 is 117 Å². The number of hydrogen-bond acceptors (Lipinski definition) is 28. The molecule has 32 heteroatoms. The predicted molar refractivity (Wildman–Crippen MR) is 572 cm³/mol. The van der Waals surface area contributed by atoms with Gasteiger partial charge in [0.05, 0.1) is 78.9 Å². The summed E-state index contributed by atoms with van der Waals surface area (Å²) in [5.74, 6) is 9.44. The first kappa shape index (κ1) is 102. The van der Waals surface area contributed by atoms with Crippen molar-refractivity contribution in [1.82, 2.24) is 60.8 Å². The van der Waals surface area contributed by atoms with Gasteiger partial charge in [-0.25, -0.2) is 0 Å². The summed E-state index contributed by atoms with van der Waals surface area (Å²) in [6, 6.07) is 38.0. The number of rotatable bonds is 30. The maximum Gasteiger partial charge on any atom is 0.251 e. The minimum atomic E-state index is -0.144. The van der Waals surface area contributed by atoms with E-state index >= 15 is 0 Å². The van der Waals surface area contributed by atoms with Crippen LogP contribution < -0.4 is 97.1 Å². The molecule has 0 bridgehead atoms. The van der Waals surface area contributed by atoms with Gasteiger partial charge in [-0.15, -0.1) is 0 Å². The summed E-state index contributed by atoms with van der Waals surface area (Å²) in [7, 11) is 29.3. The largest absolute Gasteiger partial charge is 0.493 e. The average molecular weight is 1990 g/mol. The molecule has 4 amide bonds. The van der Waals surface area contributed by atoms with Crippen LogP contribution in [0.2, 0.25) is 0 Å². The Hall–Kier alpha value is -15.1. The molecule has 20 rings (SSSR count). The van der Waals surface area contributed by atoms with Crippen molar-refractivity contribution in [2.75, 3.05) is 167 Å². The number of carbonyl (C=O) groups excluding carboxylic acids is 4. The molecule has 4 aliphatic rings. The topological polar surface area (TPSA) is 329 Å². The van der Waals surface area contributed by atoms with Gasteiger partial charge in [0.15, 0.2) is 92.0 Å². The molecule has 16 aromatic rings. The van der Waals surface area contributed by atoms with Crippen molar-refractivity contribution in [3.05, 3.63) is 168 Å². The SMILES string of the molecule is COc1cc2c(C(=O)NCCC(C)(C)N(C)C)cc3c4cc5c(cc4ncc3c2cc1OC)OCO5.COc1cc2c(C(=O)NCCCC(C)(C)N(C)C)cc3c4cc5c(cc4ncc3c2cc1OC)OCO5.COc1cc2cc(C(=O)NCCC(C)(C)N(C)C)c3c4cc5c(cc4ncc3c2cc1OC)OCO5.COc1cc2cc(C(=O)NCCCC(C)(C)N(C)C)c3c4cc5c(cc4ncc3c2cc1OC)OCO5. The van der Waals surface area contributed by atoms with Crippen molar-refractivity contribution >= 4 is 153 Å². The van der Waals surface area contributed by atoms with E-state index in [0.29, 0.717) is 140 Å². The molecule has 146 heavy (non-hydrogen) atoms. The van der Waals surface area contributed by atoms with E-state index in [1.165, 1.54) is 0 Å². The molecule has 4 aliphatic heterocycles. The summed E-state index contributed by atoms with van der Waals surface area (Å²) in [5, 5.41) is 29.7. The van der Waals surface area contributed by atoms with Crippen LogP contribution in [0.15, 0.2) is 146 Å². The number of nitrogens with zero attached hydrogens (tertiary/aromatic N) is 8. The number of hydrogen-bond donors (Lipinski definition) is 4. The van der Waals surface area contributed by atoms with Crippen LogP contribution in [0.4, 0.5) is 0 Å². The van der Waals surface area contributed by atoms with Gasteiger partial charge in [-0.3, -0.25) is 39.1 Å². The van der Waals surface area contributed by atoms with Crippen molar-refractivity contribution in [3.8, 4) is 92.0 Å². The highest BCUT2D eigenvalue weighted by Crippen LogP contribution is 2.50. The average Bonchev–Trinajstić information content (AvgIpc) is 1.01. The first-order chi connectivity index (χ1) is 69.9. The van der Waals surface area contributed by atoms with E-state index in [1.54, 1.807) is 63.1 Å². The highest BCUT2D eigenvalue weighted by atomic mass is 16.7. The van der Waals surface area contributed by atoms with Crippen molar-refractivity contribution in [2.45, 2.75) is 116 Å². The molecule has 0 saturated carbocycles. The first-order valence-electron chi connectivity index (χ1n) is 48.6. The molecule has 12 aromatic carbocycles. The van der Waals surface area contributed by atoms with E-state index in [-0.39, 0.29) is 73.0 Å². The van der Waals surface area contributed by atoms with E-state index in [2.05, 4.69) is 129 Å². The van der Waals surface area contributed by atoms with Gasteiger partial charge in [0.1, 0.15) is 0 Å². The van der Waals surface area contributed by atoms with Crippen LogP contribution in [0.3, 0.4) is 0 Å². The minimum absolute atomic E-state index is 0.0420. The summed E-state index contributed by atoms with van der Waals surface area (Å²) >= 11 is 0. The third-order valence-electron chi connectivity index (χ3n) is 29.5. The van der Waals surface area contributed by atoms with E-state index in [0.717, 1.165) is 168 Å². The van der Waals surface area contributed by atoms with Crippen LogP contribution in [0.25, 0.3) is 130 Å². The molecule has 0 aliphatic carbocycles. The van der Waals surface area contributed by atoms with Crippen LogP contribution in [0, 0.1) is 0 Å². The fourth-order valence-electron chi connectivity index (χ4n) is 18.6. The Kier molecular flexibility index (Phi) is 29.4. The zero-order chi connectivity index (χ0) is 104. The second-order valence-corrected chi connectivity index (χ2v) is 40.0. The molecular formula is C114H128N12O20. The van der Waals surface area contributed by atoms with E-state index < -0.39 is 0 Å². The Balaban J connectivity index is 0.000000133. The fraction of sp³-hybridized carbons (Fsp3) is 0.368. The zero-order valence-corrected chi connectivity index (χ0v) is 87.5. The van der Waals surface area contributed by atoms with E-state index in [9.17, 15) is 19.2 Å². The summed E-state index contributed by atoms with van der Waals surface area (Å²) in [6.07, 6.45) is 12.6. The van der Waals surface area contributed by atoms with Crippen molar-refractivity contribution in [2.24, 2.45) is 0 Å². The van der Waals surface area contributed by atoms with E-state index in [1.807, 2.05) is 168 Å². The lowest BCUT2D eigenvalue weighted by molar-refractivity contribution is 0.0936. The second-order valence-electron chi connectivity index (χ2n) is 40.0. The number of benzene rings is 12. The predicted octanol–water partition coefficient (Wildman–Crippen LogP) is 19.8. The summed E-state index contributed by atoms with van der Waals surface area (Å²) in [5.41, 5.74) is 5.31. The molecule has 32 nitrogen and oxygen atoms in total. The fourth-order valence-corrected chi connectivity index (χ4v) is 18.6. The summed E-state index contributed by atoms with van der Waals surface area (Å²) < 4.78 is 89.2. The minimum Gasteiger partial charge on any atom is -0.493 e. The molecule has 0 spiro atoms. The molecular weight excluding hydrogens is 1860 g/mol.